The van der Waals surface area contributed by atoms with Gasteiger partial charge in [-0.2, -0.15) is 0 Å². The molecule has 2 aromatic rings. The molecule has 0 atom stereocenters. The summed E-state index contributed by atoms with van der Waals surface area (Å²) in [5.41, 5.74) is 1.41. The summed E-state index contributed by atoms with van der Waals surface area (Å²) in [6, 6.07) is 4.61. The number of thiazole rings is 1. The first-order valence-electron chi connectivity index (χ1n) is 4.04. The van der Waals surface area contributed by atoms with Gasteiger partial charge in [0.25, 0.3) is 0 Å². The summed E-state index contributed by atoms with van der Waals surface area (Å²) >= 11 is 7.08. The quantitative estimate of drug-likeness (QED) is 0.720. The topological polar surface area (TPSA) is 12.9 Å². The number of rotatable bonds is 1. The van der Waals surface area contributed by atoms with Gasteiger partial charge in [-0.1, -0.05) is 11.6 Å². The highest BCUT2D eigenvalue weighted by atomic mass is 35.5. The fraction of sp³-hybridized carbons (Fsp3) is 0.100. The first-order chi connectivity index (χ1) is 6.66. The molecule has 1 aromatic carbocycles. The Labute approximate surface area is 90.2 Å². The summed E-state index contributed by atoms with van der Waals surface area (Å²) in [4.78, 5) is 4.21. The number of nitrogens with zero attached hydrogens (tertiary/aromatic N) is 1. The summed E-state index contributed by atoms with van der Waals surface area (Å²) in [6.07, 6.45) is 0. The Morgan fingerprint density at radius 1 is 1.43 bits per heavy atom. The maximum Gasteiger partial charge on any atom is 0.134 e. The summed E-state index contributed by atoms with van der Waals surface area (Å²) in [5, 5.41) is 2.99. The normalized spacial score (nSPS) is 10.5. The fourth-order valence-corrected chi connectivity index (χ4v) is 2.12. The van der Waals surface area contributed by atoms with Gasteiger partial charge in [-0.15, -0.1) is 11.3 Å². The van der Waals surface area contributed by atoms with Crippen molar-refractivity contribution in [2.24, 2.45) is 0 Å². The third-order valence-corrected chi connectivity index (χ3v) is 3.01. The van der Waals surface area contributed by atoms with Crippen molar-refractivity contribution in [1.82, 2.24) is 4.98 Å². The van der Waals surface area contributed by atoms with E-state index in [1.165, 1.54) is 17.4 Å². The van der Waals surface area contributed by atoms with Crippen LogP contribution in [0, 0.1) is 12.7 Å². The van der Waals surface area contributed by atoms with Gasteiger partial charge >= 0.3 is 0 Å². The van der Waals surface area contributed by atoms with Crippen molar-refractivity contribution >= 4 is 22.9 Å². The van der Waals surface area contributed by atoms with Crippen molar-refractivity contribution < 1.29 is 4.39 Å². The van der Waals surface area contributed by atoms with Gasteiger partial charge in [-0.05, 0) is 25.1 Å². The first-order valence-corrected chi connectivity index (χ1v) is 5.30. The summed E-state index contributed by atoms with van der Waals surface area (Å²) in [6.45, 7) is 1.88. The molecular formula is C10H7ClFNS. The lowest BCUT2D eigenvalue weighted by Gasteiger charge is -1.98. The minimum absolute atomic E-state index is 0.327. The molecule has 1 aromatic heterocycles. The highest BCUT2D eigenvalue weighted by molar-refractivity contribution is 7.13. The Hall–Kier alpha value is -0.930. The SMILES string of the molecule is Cc1csc(-c2ccc(Cl)cc2F)n1. The maximum atomic E-state index is 13.4. The Kier molecular flexibility index (Phi) is 2.52. The number of halogens is 2. The molecule has 1 heterocycles. The van der Waals surface area contributed by atoms with Crippen LogP contribution in [0.25, 0.3) is 10.6 Å². The molecule has 0 N–H and O–H groups in total. The average molecular weight is 228 g/mol. The van der Waals surface area contributed by atoms with Gasteiger partial charge in [0.15, 0.2) is 0 Å². The van der Waals surface area contributed by atoms with E-state index in [0.717, 1.165) is 5.69 Å². The van der Waals surface area contributed by atoms with Crippen molar-refractivity contribution in [3.63, 3.8) is 0 Å². The number of hydrogen-bond acceptors (Lipinski definition) is 2. The van der Waals surface area contributed by atoms with E-state index in [-0.39, 0.29) is 5.82 Å². The smallest absolute Gasteiger partial charge is 0.134 e. The summed E-state index contributed by atoms with van der Waals surface area (Å²) in [7, 11) is 0. The summed E-state index contributed by atoms with van der Waals surface area (Å²) in [5.74, 6) is -0.327. The van der Waals surface area contributed by atoms with Crippen LogP contribution in [0.4, 0.5) is 4.39 Å². The van der Waals surface area contributed by atoms with Crippen molar-refractivity contribution in [2.75, 3.05) is 0 Å². The number of aromatic nitrogens is 1. The predicted molar refractivity (Wildman–Crippen MR) is 57.3 cm³/mol. The third kappa shape index (κ3) is 1.79. The molecule has 0 aliphatic carbocycles. The zero-order valence-corrected chi connectivity index (χ0v) is 8.99. The van der Waals surface area contributed by atoms with Gasteiger partial charge in [0.05, 0.1) is 0 Å². The zero-order valence-electron chi connectivity index (χ0n) is 7.42. The van der Waals surface area contributed by atoms with Gasteiger partial charge in [0.2, 0.25) is 0 Å². The summed E-state index contributed by atoms with van der Waals surface area (Å²) < 4.78 is 13.4. The van der Waals surface area contributed by atoms with E-state index in [1.54, 1.807) is 12.1 Å². The van der Waals surface area contributed by atoms with Crippen LogP contribution in [0.2, 0.25) is 5.02 Å². The van der Waals surface area contributed by atoms with Crippen molar-refractivity contribution in [1.29, 1.82) is 0 Å². The van der Waals surface area contributed by atoms with Crippen molar-refractivity contribution in [2.45, 2.75) is 6.92 Å². The highest BCUT2D eigenvalue weighted by Crippen LogP contribution is 2.27. The van der Waals surface area contributed by atoms with Gasteiger partial charge < -0.3 is 0 Å². The van der Waals surface area contributed by atoms with Crippen LogP contribution in [-0.2, 0) is 0 Å². The zero-order chi connectivity index (χ0) is 10.1. The van der Waals surface area contributed by atoms with Crippen LogP contribution in [-0.4, -0.2) is 4.98 Å². The Balaban J connectivity index is 2.52. The van der Waals surface area contributed by atoms with Crippen LogP contribution in [0.3, 0.4) is 0 Å². The third-order valence-electron chi connectivity index (χ3n) is 1.78. The van der Waals surface area contributed by atoms with Crippen LogP contribution in [0.1, 0.15) is 5.69 Å². The van der Waals surface area contributed by atoms with Gasteiger partial charge in [0, 0.05) is 21.7 Å². The van der Waals surface area contributed by atoms with E-state index < -0.39 is 0 Å². The van der Waals surface area contributed by atoms with Crippen LogP contribution in [0.5, 0.6) is 0 Å². The molecule has 0 saturated heterocycles. The first kappa shape index (κ1) is 9.62. The monoisotopic (exact) mass is 227 g/mol. The minimum Gasteiger partial charge on any atom is -0.241 e. The van der Waals surface area contributed by atoms with E-state index in [4.69, 9.17) is 11.6 Å². The molecule has 4 heteroatoms. The second-order valence-electron chi connectivity index (χ2n) is 2.92. The second kappa shape index (κ2) is 3.67. The molecule has 0 bridgehead atoms. The Bertz CT molecular complexity index is 467. The number of hydrogen-bond donors (Lipinski definition) is 0. The standard InChI is InChI=1S/C10H7ClFNS/c1-6-5-14-10(13-6)8-3-2-7(11)4-9(8)12/h2-5H,1H3. The van der Waals surface area contributed by atoms with E-state index in [9.17, 15) is 4.39 Å². The molecule has 72 valence electrons. The van der Waals surface area contributed by atoms with Crippen LogP contribution in [0.15, 0.2) is 23.6 Å². The van der Waals surface area contributed by atoms with E-state index in [1.807, 2.05) is 12.3 Å². The predicted octanol–water partition coefficient (Wildman–Crippen LogP) is 3.91. The molecule has 0 saturated carbocycles. The molecule has 0 amide bonds. The number of aryl methyl sites for hydroxylation is 1. The molecular weight excluding hydrogens is 221 g/mol. The lowest BCUT2D eigenvalue weighted by atomic mass is 10.2. The maximum absolute atomic E-state index is 13.4. The molecule has 0 aliphatic rings. The molecule has 0 aliphatic heterocycles. The fourth-order valence-electron chi connectivity index (χ4n) is 1.14. The van der Waals surface area contributed by atoms with Gasteiger partial charge in [-0.25, -0.2) is 9.37 Å². The van der Waals surface area contributed by atoms with Gasteiger partial charge in [-0.3, -0.25) is 0 Å². The van der Waals surface area contributed by atoms with Crippen LogP contribution >= 0.6 is 22.9 Å². The Morgan fingerprint density at radius 3 is 2.79 bits per heavy atom. The van der Waals surface area contributed by atoms with E-state index in [0.29, 0.717) is 15.6 Å². The molecule has 2 rings (SSSR count). The second-order valence-corrected chi connectivity index (χ2v) is 4.21. The lowest BCUT2D eigenvalue weighted by Crippen LogP contribution is -1.83. The van der Waals surface area contributed by atoms with E-state index >= 15 is 0 Å². The molecule has 0 fully saturated rings. The largest absolute Gasteiger partial charge is 0.241 e. The average Bonchev–Trinajstić information content (AvgIpc) is 2.51. The molecule has 14 heavy (non-hydrogen) atoms. The number of benzene rings is 1. The van der Waals surface area contributed by atoms with Crippen molar-refractivity contribution in [3.05, 3.63) is 40.1 Å². The Morgan fingerprint density at radius 2 is 2.21 bits per heavy atom. The van der Waals surface area contributed by atoms with Crippen molar-refractivity contribution in [3.8, 4) is 10.6 Å². The van der Waals surface area contributed by atoms with Crippen LogP contribution < -0.4 is 0 Å². The molecule has 0 radical (unpaired) electrons. The molecule has 1 nitrogen and oxygen atoms in total. The van der Waals surface area contributed by atoms with Gasteiger partial charge in [0.1, 0.15) is 10.8 Å². The lowest BCUT2D eigenvalue weighted by molar-refractivity contribution is 0.631. The molecule has 0 spiro atoms. The minimum atomic E-state index is -0.327. The van der Waals surface area contributed by atoms with E-state index in [2.05, 4.69) is 4.98 Å². The molecule has 0 unspecified atom stereocenters. The highest BCUT2D eigenvalue weighted by Gasteiger charge is 2.08.